The van der Waals surface area contributed by atoms with Gasteiger partial charge in [0.25, 0.3) is 0 Å². The summed E-state index contributed by atoms with van der Waals surface area (Å²) in [6, 6.07) is 1.89. The van der Waals surface area contributed by atoms with Crippen LogP contribution in [0.1, 0.15) is 24.6 Å². The summed E-state index contributed by atoms with van der Waals surface area (Å²) in [5.74, 6) is 2.20. The lowest BCUT2D eigenvalue weighted by Gasteiger charge is -2.40. The molecule has 3 heterocycles. The van der Waals surface area contributed by atoms with Crippen LogP contribution in [0.5, 0.6) is 0 Å². The molecule has 0 unspecified atom stereocenters. The Balaban J connectivity index is 1.59. The van der Waals surface area contributed by atoms with Crippen LogP contribution in [0.3, 0.4) is 0 Å². The third-order valence-electron chi connectivity index (χ3n) is 4.31. The van der Waals surface area contributed by atoms with Crippen molar-refractivity contribution in [3.05, 3.63) is 30.2 Å². The van der Waals surface area contributed by atoms with Gasteiger partial charge in [0.2, 0.25) is 5.89 Å². The standard InChI is InChI=1S/C12H15N5O/c1-4-14-17(5-1)7-10-15-11(18-16-10)12-3-2-9(12)6-13-8-12/h1,4-5,9,13H,2-3,6-8H2/t9-,12-/m0/s1. The molecule has 1 saturated heterocycles. The monoisotopic (exact) mass is 245 g/mol. The third kappa shape index (κ3) is 1.35. The van der Waals surface area contributed by atoms with Gasteiger partial charge in [0.05, 0.1) is 5.41 Å². The fraction of sp³-hybridized carbons (Fsp3) is 0.583. The zero-order valence-corrected chi connectivity index (χ0v) is 10.0. The molecule has 4 rings (SSSR count). The van der Waals surface area contributed by atoms with Crippen LogP contribution in [0, 0.1) is 5.92 Å². The van der Waals surface area contributed by atoms with Gasteiger partial charge in [-0.3, -0.25) is 4.68 Å². The number of nitrogens with one attached hydrogen (secondary N) is 1. The van der Waals surface area contributed by atoms with E-state index in [0.29, 0.717) is 18.3 Å². The molecule has 2 aromatic rings. The van der Waals surface area contributed by atoms with E-state index < -0.39 is 0 Å². The third-order valence-corrected chi connectivity index (χ3v) is 4.31. The molecule has 2 aromatic heterocycles. The number of hydrogen-bond acceptors (Lipinski definition) is 5. The molecule has 0 spiro atoms. The van der Waals surface area contributed by atoms with E-state index in [1.165, 1.54) is 6.42 Å². The molecule has 0 radical (unpaired) electrons. The van der Waals surface area contributed by atoms with E-state index in [-0.39, 0.29) is 5.41 Å². The Hall–Kier alpha value is -1.69. The first kappa shape index (κ1) is 10.3. The molecule has 0 bridgehead atoms. The molecule has 1 saturated carbocycles. The molecule has 6 heteroatoms. The number of rotatable bonds is 3. The zero-order chi connectivity index (χ0) is 12.0. The van der Waals surface area contributed by atoms with E-state index >= 15 is 0 Å². The lowest BCUT2D eigenvalue weighted by Crippen LogP contribution is -2.44. The maximum Gasteiger partial charge on any atom is 0.234 e. The van der Waals surface area contributed by atoms with Gasteiger partial charge >= 0.3 is 0 Å². The van der Waals surface area contributed by atoms with Crippen LogP contribution in [0.4, 0.5) is 0 Å². The van der Waals surface area contributed by atoms with Crippen molar-refractivity contribution in [2.75, 3.05) is 13.1 Å². The minimum absolute atomic E-state index is 0.120. The average molecular weight is 245 g/mol. The maximum atomic E-state index is 5.48. The Morgan fingerprint density at radius 1 is 1.56 bits per heavy atom. The predicted octanol–water partition coefficient (Wildman–Crippen LogP) is 0.565. The van der Waals surface area contributed by atoms with Gasteiger partial charge in [-0.25, -0.2) is 0 Å². The molecule has 2 aliphatic rings. The Bertz CT molecular complexity index is 549. The van der Waals surface area contributed by atoms with Crippen LogP contribution in [0.2, 0.25) is 0 Å². The second kappa shape index (κ2) is 3.65. The maximum absolute atomic E-state index is 5.48. The van der Waals surface area contributed by atoms with Crippen LogP contribution >= 0.6 is 0 Å². The first-order valence-corrected chi connectivity index (χ1v) is 6.38. The summed E-state index contributed by atoms with van der Waals surface area (Å²) in [6.07, 6.45) is 6.08. The second-order valence-electron chi connectivity index (χ2n) is 5.24. The normalized spacial score (nSPS) is 30.1. The molecule has 6 nitrogen and oxygen atoms in total. The Kier molecular flexibility index (Phi) is 2.08. The van der Waals surface area contributed by atoms with Crippen molar-refractivity contribution in [1.29, 1.82) is 0 Å². The number of nitrogens with zero attached hydrogens (tertiary/aromatic N) is 4. The van der Waals surface area contributed by atoms with Gasteiger partial charge < -0.3 is 9.84 Å². The molecular weight excluding hydrogens is 230 g/mol. The first-order valence-electron chi connectivity index (χ1n) is 6.38. The van der Waals surface area contributed by atoms with Crippen LogP contribution in [0.25, 0.3) is 0 Å². The molecule has 0 aromatic carbocycles. The van der Waals surface area contributed by atoms with E-state index in [2.05, 4.69) is 20.6 Å². The summed E-state index contributed by atoms with van der Waals surface area (Å²) in [5.41, 5.74) is 0.120. The Morgan fingerprint density at radius 3 is 3.28 bits per heavy atom. The van der Waals surface area contributed by atoms with E-state index in [9.17, 15) is 0 Å². The summed E-state index contributed by atoms with van der Waals surface area (Å²) in [4.78, 5) is 4.56. The van der Waals surface area contributed by atoms with Crippen molar-refractivity contribution in [3.8, 4) is 0 Å². The highest BCUT2D eigenvalue weighted by Crippen LogP contribution is 2.50. The molecule has 2 atom stereocenters. The largest absolute Gasteiger partial charge is 0.339 e. The van der Waals surface area contributed by atoms with Crippen molar-refractivity contribution in [2.45, 2.75) is 24.8 Å². The fourth-order valence-corrected chi connectivity index (χ4v) is 3.11. The molecular formula is C12H15N5O. The van der Waals surface area contributed by atoms with Crippen molar-refractivity contribution < 1.29 is 4.52 Å². The van der Waals surface area contributed by atoms with Gasteiger partial charge in [-0.2, -0.15) is 10.1 Å². The smallest absolute Gasteiger partial charge is 0.234 e. The van der Waals surface area contributed by atoms with E-state index in [1.807, 2.05) is 12.3 Å². The summed E-state index contributed by atoms with van der Waals surface area (Å²) in [6.45, 7) is 2.63. The SMILES string of the molecule is c1cnn(Cc2noc([C@]34CC[C@H]3CNC4)n2)c1. The van der Waals surface area contributed by atoms with Crippen molar-refractivity contribution >= 4 is 0 Å². The van der Waals surface area contributed by atoms with Gasteiger partial charge in [-0.05, 0) is 31.4 Å². The Morgan fingerprint density at radius 2 is 2.56 bits per heavy atom. The number of aromatic nitrogens is 4. The minimum atomic E-state index is 0.120. The highest BCUT2D eigenvalue weighted by atomic mass is 16.5. The summed E-state index contributed by atoms with van der Waals surface area (Å²) < 4.78 is 7.28. The van der Waals surface area contributed by atoms with Gasteiger partial charge in [0, 0.05) is 18.9 Å². The fourth-order valence-electron chi connectivity index (χ4n) is 3.11. The quantitative estimate of drug-likeness (QED) is 0.856. The van der Waals surface area contributed by atoms with E-state index in [0.717, 1.165) is 25.4 Å². The predicted molar refractivity (Wildman–Crippen MR) is 62.9 cm³/mol. The van der Waals surface area contributed by atoms with Crippen molar-refractivity contribution in [2.24, 2.45) is 5.92 Å². The molecule has 1 aliphatic heterocycles. The lowest BCUT2D eigenvalue weighted by atomic mass is 9.62. The topological polar surface area (TPSA) is 68.8 Å². The zero-order valence-electron chi connectivity index (χ0n) is 10.0. The second-order valence-corrected chi connectivity index (χ2v) is 5.24. The van der Waals surface area contributed by atoms with Crippen LogP contribution in [-0.4, -0.2) is 33.0 Å². The Labute approximate surface area is 104 Å². The first-order chi connectivity index (χ1) is 8.87. The summed E-state index contributed by atoms with van der Waals surface area (Å²) >= 11 is 0. The highest BCUT2D eigenvalue weighted by molar-refractivity contribution is 5.19. The van der Waals surface area contributed by atoms with Crippen LogP contribution in [0.15, 0.2) is 23.0 Å². The molecule has 94 valence electrons. The molecule has 1 N–H and O–H groups in total. The van der Waals surface area contributed by atoms with Gasteiger partial charge in [-0.15, -0.1) is 0 Å². The molecule has 0 amide bonds. The number of fused-ring (bicyclic) bond motifs is 1. The van der Waals surface area contributed by atoms with Crippen molar-refractivity contribution in [3.63, 3.8) is 0 Å². The molecule has 18 heavy (non-hydrogen) atoms. The van der Waals surface area contributed by atoms with Gasteiger partial charge in [-0.1, -0.05) is 5.16 Å². The van der Waals surface area contributed by atoms with Crippen LogP contribution in [-0.2, 0) is 12.0 Å². The minimum Gasteiger partial charge on any atom is -0.339 e. The van der Waals surface area contributed by atoms with Crippen LogP contribution < -0.4 is 5.32 Å². The molecule has 2 fully saturated rings. The number of hydrogen-bond donors (Lipinski definition) is 1. The summed E-state index contributed by atoms with van der Waals surface area (Å²) in [7, 11) is 0. The van der Waals surface area contributed by atoms with E-state index in [1.54, 1.807) is 10.9 Å². The molecule has 1 aliphatic carbocycles. The van der Waals surface area contributed by atoms with E-state index in [4.69, 9.17) is 4.52 Å². The average Bonchev–Trinajstić information content (AvgIpc) is 3.04. The van der Waals surface area contributed by atoms with Gasteiger partial charge in [0.1, 0.15) is 6.54 Å². The lowest BCUT2D eigenvalue weighted by molar-refractivity contribution is 0.131. The highest BCUT2D eigenvalue weighted by Gasteiger charge is 2.54. The summed E-state index contributed by atoms with van der Waals surface area (Å²) in [5, 5.41) is 11.7. The van der Waals surface area contributed by atoms with Crippen molar-refractivity contribution in [1.82, 2.24) is 25.2 Å². The van der Waals surface area contributed by atoms with Gasteiger partial charge in [0.15, 0.2) is 5.82 Å².